The summed E-state index contributed by atoms with van der Waals surface area (Å²) in [6.45, 7) is 6.77. The van der Waals surface area contributed by atoms with Crippen molar-refractivity contribution in [2.75, 3.05) is 16.8 Å². The SMILES string of the molecule is Cc1nn(C)c(C)c1NC(=O)C(C)N1CCCc2ccccc21. The van der Waals surface area contributed by atoms with Gasteiger partial charge in [-0.15, -0.1) is 0 Å². The number of aryl methyl sites for hydroxylation is 3. The van der Waals surface area contributed by atoms with Crippen LogP contribution < -0.4 is 10.2 Å². The Morgan fingerprint density at radius 1 is 1.30 bits per heavy atom. The van der Waals surface area contributed by atoms with Gasteiger partial charge < -0.3 is 10.2 Å². The molecule has 0 saturated heterocycles. The predicted octanol–water partition coefficient (Wildman–Crippen LogP) is 2.82. The lowest BCUT2D eigenvalue weighted by Crippen LogP contribution is -2.44. The molecule has 122 valence electrons. The summed E-state index contributed by atoms with van der Waals surface area (Å²) in [5, 5.41) is 7.42. The van der Waals surface area contributed by atoms with Crippen molar-refractivity contribution in [1.29, 1.82) is 0 Å². The molecule has 1 atom stereocenters. The van der Waals surface area contributed by atoms with Gasteiger partial charge in [-0.25, -0.2) is 0 Å². The normalized spacial score (nSPS) is 15.2. The van der Waals surface area contributed by atoms with Gasteiger partial charge in [0, 0.05) is 19.3 Å². The Kier molecular flexibility index (Phi) is 4.11. The summed E-state index contributed by atoms with van der Waals surface area (Å²) in [4.78, 5) is 14.9. The largest absolute Gasteiger partial charge is 0.360 e. The number of nitrogens with zero attached hydrogens (tertiary/aromatic N) is 3. The van der Waals surface area contributed by atoms with E-state index >= 15 is 0 Å². The molecule has 1 aliphatic heterocycles. The fraction of sp³-hybridized carbons (Fsp3) is 0.444. The summed E-state index contributed by atoms with van der Waals surface area (Å²) in [5.74, 6) is 0.0147. The molecule has 23 heavy (non-hydrogen) atoms. The third kappa shape index (κ3) is 2.83. The highest BCUT2D eigenvalue weighted by molar-refractivity contribution is 5.97. The van der Waals surface area contributed by atoms with Gasteiger partial charge in [-0.3, -0.25) is 9.48 Å². The molecule has 1 aromatic carbocycles. The summed E-state index contributed by atoms with van der Waals surface area (Å²) in [6.07, 6.45) is 2.17. The van der Waals surface area contributed by atoms with E-state index in [-0.39, 0.29) is 11.9 Å². The molecular formula is C18H24N4O. The molecule has 3 rings (SSSR count). The molecule has 1 aliphatic rings. The Labute approximate surface area is 137 Å². The van der Waals surface area contributed by atoms with Crippen LogP contribution in [0.2, 0.25) is 0 Å². The fourth-order valence-electron chi connectivity index (χ4n) is 3.29. The van der Waals surface area contributed by atoms with Crippen LogP contribution >= 0.6 is 0 Å². The third-order valence-corrected chi connectivity index (χ3v) is 4.75. The number of hydrogen-bond acceptors (Lipinski definition) is 3. The molecule has 1 amide bonds. The number of fused-ring (bicyclic) bond motifs is 1. The zero-order chi connectivity index (χ0) is 16.6. The zero-order valence-corrected chi connectivity index (χ0v) is 14.3. The molecule has 2 aromatic rings. The Morgan fingerprint density at radius 3 is 2.74 bits per heavy atom. The number of para-hydroxylation sites is 1. The number of rotatable bonds is 3. The lowest BCUT2D eigenvalue weighted by molar-refractivity contribution is -0.117. The molecule has 1 N–H and O–H groups in total. The molecule has 0 saturated carbocycles. The first kappa shape index (κ1) is 15.6. The Hall–Kier alpha value is -2.30. The fourth-order valence-corrected chi connectivity index (χ4v) is 3.29. The van der Waals surface area contributed by atoms with Gasteiger partial charge in [-0.1, -0.05) is 18.2 Å². The van der Waals surface area contributed by atoms with E-state index in [0.29, 0.717) is 0 Å². The van der Waals surface area contributed by atoms with E-state index in [1.165, 1.54) is 11.3 Å². The van der Waals surface area contributed by atoms with Gasteiger partial charge in [0.15, 0.2) is 0 Å². The number of nitrogens with one attached hydrogen (secondary N) is 1. The Balaban J connectivity index is 1.81. The van der Waals surface area contributed by atoms with Crippen molar-refractivity contribution < 1.29 is 4.79 Å². The van der Waals surface area contributed by atoms with Crippen LogP contribution in [0.3, 0.4) is 0 Å². The van der Waals surface area contributed by atoms with Gasteiger partial charge in [-0.05, 0) is 45.2 Å². The first-order chi connectivity index (χ1) is 11.0. The summed E-state index contributed by atoms with van der Waals surface area (Å²) in [6, 6.07) is 8.16. The standard InChI is InChI=1S/C18H24N4O/c1-12-17(13(2)21(4)20-12)19-18(23)14(3)22-11-7-9-15-8-5-6-10-16(15)22/h5-6,8,10,14H,7,9,11H2,1-4H3,(H,19,23). The quantitative estimate of drug-likeness (QED) is 0.948. The monoisotopic (exact) mass is 312 g/mol. The number of carbonyl (C=O) groups is 1. The second-order valence-corrected chi connectivity index (χ2v) is 6.26. The lowest BCUT2D eigenvalue weighted by Gasteiger charge is -2.35. The van der Waals surface area contributed by atoms with E-state index in [1.54, 1.807) is 4.68 Å². The van der Waals surface area contributed by atoms with Crippen LogP contribution in [-0.4, -0.2) is 28.3 Å². The number of aromatic nitrogens is 2. The summed E-state index contributed by atoms with van der Waals surface area (Å²) in [5.41, 5.74) is 5.16. The van der Waals surface area contributed by atoms with Crippen LogP contribution in [0.15, 0.2) is 24.3 Å². The molecule has 0 spiro atoms. The molecule has 0 radical (unpaired) electrons. The molecule has 0 fully saturated rings. The minimum atomic E-state index is -0.213. The summed E-state index contributed by atoms with van der Waals surface area (Å²) >= 11 is 0. The molecule has 0 aliphatic carbocycles. The number of amides is 1. The Morgan fingerprint density at radius 2 is 2.04 bits per heavy atom. The smallest absolute Gasteiger partial charge is 0.246 e. The first-order valence-electron chi connectivity index (χ1n) is 8.14. The maximum atomic E-state index is 12.7. The number of anilines is 2. The first-order valence-corrected chi connectivity index (χ1v) is 8.14. The predicted molar refractivity (Wildman–Crippen MR) is 92.9 cm³/mol. The third-order valence-electron chi connectivity index (χ3n) is 4.75. The van der Waals surface area contributed by atoms with Crippen LogP contribution in [-0.2, 0) is 18.3 Å². The zero-order valence-electron chi connectivity index (χ0n) is 14.3. The maximum Gasteiger partial charge on any atom is 0.246 e. The van der Waals surface area contributed by atoms with E-state index in [4.69, 9.17) is 0 Å². The van der Waals surface area contributed by atoms with Gasteiger partial charge in [0.1, 0.15) is 6.04 Å². The van der Waals surface area contributed by atoms with Crippen molar-refractivity contribution in [2.45, 2.75) is 39.7 Å². The molecular weight excluding hydrogens is 288 g/mol. The van der Waals surface area contributed by atoms with Gasteiger partial charge in [0.2, 0.25) is 5.91 Å². The van der Waals surface area contributed by atoms with E-state index in [1.807, 2.05) is 33.9 Å². The van der Waals surface area contributed by atoms with Crippen LogP contribution in [0.1, 0.15) is 30.3 Å². The van der Waals surface area contributed by atoms with E-state index in [9.17, 15) is 4.79 Å². The average Bonchev–Trinajstić information content (AvgIpc) is 2.80. The minimum absolute atomic E-state index is 0.0147. The topological polar surface area (TPSA) is 50.2 Å². The van der Waals surface area contributed by atoms with Crippen molar-refractivity contribution in [3.05, 3.63) is 41.2 Å². The van der Waals surface area contributed by atoms with Crippen molar-refractivity contribution in [2.24, 2.45) is 7.05 Å². The highest BCUT2D eigenvalue weighted by atomic mass is 16.2. The lowest BCUT2D eigenvalue weighted by atomic mass is 10.00. The van der Waals surface area contributed by atoms with Gasteiger partial charge in [0.05, 0.1) is 17.1 Å². The minimum Gasteiger partial charge on any atom is -0.360 e. The van der Waals surface area contributed by atoms with Crippen LogP contribution in [0, 0.1) is 13.8 Å². The molecule has 5 heteroatoms. The number of hydrogen-bond donors (Lipinski definition) is 1. The van der Waals surface area contributed by atoms with E-state index in [2.05, 4.69) is 33.5 Å². The highest BCUT2D eigenvalue weighted by Crippen LogP contribution is 2.29. The second-order valence-electron chi connectivity index (χ2n) is 6.26. The molecule has 2 heterocycles. The van der Waals surface area contributed by atoms with Gasteiger partial charge in [-0.2, -0.15) is 5.10 Å². The second kappa shape index (κ2) is 6.07. The van der Waals surface area contributed by atoms with Crippen LogP contribution in [0.5, 0.6) is 0 Å². The van der Waals surface area contributed by atoms with Crippen molar-refractivity contribution in [3.63, 3.8) is 0 Å². The number of carbonyl (C=O) groups excluding carboxylic acids is 1. The molecule has 0 bridgehead atoms. The van der Waals surface area contributed by atoms with Crippen LogP contribution in [0.4, 0.5) is 11.4 Å². The summed E-state index contributed by atoms with van der Waals surface area (Å²) < 4.78 is 1.80. The summed E-state index contributed by atoms with van der Waals surface area (Å²) in [7, 11) is 1.89. The van der Waals surface area contributed by atoms with Crippen LogP contribution in [0.25, 0.3) is 0 Å². The maximum absolute atomic E-state index is 12.7. The average molecular weight is 312 g/mol. The molecule has 5 nitrogen and oxygen atoms in total. The Bertz CT molecular complexity index is 735. The van der Waals surface area contributed by atoms with Crippen molar-refractivity contribution in [1.82, 2.24) is 9.78 Å². The highest BCUT2D eigenvalue weighted by Gasteiger charge is 2.26. The van der Waals surface area contributed by atoms with E-state index < -0.39 is 0 Å². The number of benzene rings is 1. The van der Waals surface area contributed by atoms with Crippen molar-refractivity contribution >= 4 is 17.3 Å². The van der Waals surface area contributed by atoms with Gasteiger partial charge >= 0.3 is 0 Å². The molecule has 1 aromatic heterocycles. The molecule has 1 unspecified atom stereocenters. The van der Waals surface area contributed by atoms with E-state index in [0.717, 1.165) is 36.5 Å². The van der Waals surface area contributed by atoms with Gasteiger partial charge in [0.25, 0.3) is 0 Å². The van der Waals surface area contributed by atoms with Crippen molar-refractivity contribution in [3.8, 4) is 0 Å².